The third-order valence-corrected chi connectivity index (χ3v) is 5.33. The highest BCUT2D eigenvalue weighted by Crippen LogP contribution is 2.22. The van der Waals surface area contributed by atoms with Gasteiger partial charge >= 0.3 is 0 Å². The number of sulfonamides is 1. The van der Waals surface area contributed by atoms with Crippen LogP contribution in [0.3, 0.4) is 0 Å². The summed E-state index contributed by atoms with van der Waals surface area (Å²) in [6, 6.07) is 18.5. The highest BCUT2D eigenvalue weighted by molar-refractivity contribution is 7.89. The quantitative estimate of drug-likeness (QED) is 0.463. The van der Waals surface area contributed by atoms with E-state index in [2.05, 4.69) is 12.6 Å². The molecule has 0 heterocycles. The first-order valence-corrected chi connectivity index (χ1v) is 8.66. The van der Waals surface area contributed by atoms with Crippen LogP contribution in [0, 0.1) is 19.4 Å². The molecule has 2 rings (SSSR count). The molecule has 118 valence electrons. The fourth-order valence-corrected chi connectivity index (χ4v) is 3.48. The van der Waals surface area contributed by atoms with Crippen molar-refractivity contribution in [2.75, 3.05) is 6.54 Å². The van der Waals surface area contributed by atoms with Crippen molar-refractivity contribution in [3.63, 3.8) is 0 Å². The molecule has 0 aliphatic heterocycles. The summed E-state index contributed by atoms with van der Waals surface area (Å²) in [6.07, 6.45) is 7.18. The third-order valence-electron chi connectivity index (χ3n) is 3.63. The first-order valence-electron chi connectivity index (χ1n) is 7.22. The molecule has 23 heavy (non-hydrogen) atoms. The second-order valence-electron chi connectivity index (χ2n) is 5.23. The van der Waals surface area contributed by atoms with E-state index in [9.17, 15) is 8.42 Å². The van der Waals surface area contributed by atoms with Crippen LogP contribution in [0.1, 0.15) is 17.0 Å². The Balaban J connectivity index is 2.30. The summed E-state index contributed by atoms with van der Waals surface area (Å²) in [6.45, 7) is 5.86. The number of rotatable bonds is 6. The van der Waals surface area contributed by atoms with Crippen molar-refractivity contribution in [2.24, 2.45) is 0 Å². The summed E-state index contributed by atoms with van der Waals surface area (Å²) >= 11 is 0. The Labute approximate surface area is 138 Å². The summed E-state index contributed by atoms with van der Waals surface area (Å²) in [5, 5.41) is 0. The maximum atomic E-state index is 12.7. The second kappa shape index (κ2) is 7.17. The van der Waals surface area contributed by atoms with E-state index >= 15 is 0 Å². The lowest BCUT2D eigenvalue weighted by Gasteiger charge is -2.22. The van der Waals surface area contributed by atoms with Crippen LogP contribution in [0.4, 0.5) is 0 Å². The highest BCUT2D eigenvalue weighted by atomic mass is 32.2. The lowest BCUT2D eigenvalue weighted by atomic mass is 9.99. The van der Waals surface area contributed by atoms with Gasteiger partial charge in [0.15, 0.2) is 0 Å². The molecule has 0 aromatic heterocycles. The molecule has 2 aromatic carbocycles. The third kappa shape index (κ3) is 3.82. The van der Waals surface area contributed by atoms with E-state index in [1.54, 1.807) is 30.3 Å². The minimum absolute atomic E-state index is 0.153. The maximum Gasteiger partial charge on any atom is 0.270 e. The molecule has 0 amide bonds. The van der Waals surface area contributed by atoms with Gasteiger partial charge in [0.25, 0.3) is 10.0 Å². The number of nitrogens with zero attached hydrogens (tertiary/aromatic N) is 1. The Morgan fingerprint density at radius 1 is 1.17 bits per heavy atom. The molecule has 0 aliphatic carbocycles. The van der Waals surface area contributed by atoms with Crippen molar-refractivity contribution in [2.45, 2.75) is 17.7 Å². The Bertz CT molecular complexity index is 803. The molecule has 1 atom stereocenters. The molecule has 0 saturated heterocycles. The fraction of sp³-hybridized carbons (Fsp3) is 0.158. The van der Waals surface area contributed by atoms with E-state index in [4.69, 9.17) is 6.42 Å². The lowest BCUT2D eigenvalue weighted by Crippen LogP contribution is -2.30. The molecule has 0 N–H and O–H groups in total. The van der Waals surface area contributed by atoms with Gasteiger partial charge in [0.1, 0.15) is 0 Å². The molecule has 0 radical (unpaired) electrons. The predicted molar refractivity (Wildman–Crippen MR) is 93.3 cm³/mol. The Morgan fingerprint density at radius 3 is 2.30 bits per heavy atom. The molecule has 1 unspecified atom stereocenters. The normalized spacial score (nSPS) is 12.2. The standard InChI is InChI=1S/C19H19NO2S/c1-4-17(18-9-7-6-8-10-18)15-20(5-2)23(21,22)19-13-11-16(3)12-14-19/h2,4,6-14,17H,1,15H2,3H3. The summed E-state index contributed by atoms with van der Waals surface area (Å²) in [5.41, 5.74) is 1.96. The van der Waals surface area contributed by atoms with Crippen LogP contribution in [0.2, 0.25) is 0 Å². The van der Waals surface area contributed by atoms with E-state index in [-0.39, 0.29) is 17.4 Å². The first kappa shape index (κ1) is 16.9. The summed E-state index contributed by atoms with van der Waals surface area (Å²) < 4.78 is 26.5. The van der Waals surface area contributed by atoms with Gasteiger partial charge in [-0.1, -0.05) is 60.5 Å². The molecular weight excluding hydrogens is 306 g/mol. The zero-order chi connectivity index (χ0) is 16.9. The predicted octanol–water partition coefficient (Wildman–Crippen LogP) is 3.55. The van der Waals surface area contributed by atoms with E-state index in [1.807, 2.05) is 37.3 Å². The average Bonchev–Trinajstić information content (AvgIpc) is 2.57. The maximum absolute atomic E-state index is 12.7. The SMILES string of the molecule is C#CN(CC(C=C)c1ccccc1)S(=O)(=O)c1ccc(C)cc1. The molecule has 0 fully saturated rings. The molecule has 0 aliphatic rings. The Hall–Kier alpha value is -2.51. The molecule has 4 heteroatoms. The monoisotopic (exact) mass is 325 g/mol. The van der Waals surface area contributed by atoms with Gasteiger partial charge in [0, 0.05) is 12.0 Å². The largest absolute Gasteiger partial charge is 0.270 e. The van der Waals surface area contributed by atoms with Crippen molar-refractivity contribution in [3.8, 4) is 12.5 Å². The number of hydrogen-bond donors (Lipinski definition) is 0. The second-order valence-corrected chi connectivity index (χ2v) is 7.09. The summed E-state index contributed by atoms with van der Waals surface area (Å²) in [4.78, 5) is 0.192. The minimum Gasteiger partial charge on any atom is -0.224 e. The van der Waals surface area contributed by atoms with Gasteiger partial charge in [-0.2, -0.15) is 0 Å². The van der Waals surface area contributed by atoms with Crippen LogP contribution in [0.25, 0.3) is 0 Å². The smallest absolute Gasteiger partial charge is 0.224 e. The number of terminal acetylenes is 1. The number of aryl methyl sites for hydroxylation is 1. The average molecular weight is 325 g/mol. The van der Waals surface area contributed by atoms with Gasteiger partial charge < -0.3 is 0 Å². The summed E-state index contributed by atoms with van der Waals surface area (Å²) in [5.74, 6) is -0.174. The Kier molecular flexibility index (Phi) is 5.25. The topological polar surface area (TPSA) is 37.4 Å². The van der Waals surface area contributed by atoms with E-state index in [0.29, 0.717) is 0 Å². The molecular formula is C19H19NO2S. The van der Waals surface area contributed by atoms with Gasteiger partial charge in [-0.25, -0.2) is 12.7 Å². The minimum atomic E-state index is -3.73. The molecule has 0 saturated carbocycles. The molecule has 3 nitrogen and oxygen atoms in total. The van der Waals surface area contributed by atoms with Crippen LogP contribution < -0.4 is 0 Å². The fourth-order valence-electron chi connectivity index (χ4n) is 2.25. The summed E-state index contributed by atoms with van der Waals surface area (Å²) in [7, 11) is -3.73. The van der Waals surface area contributed by atoms with Crippen LogP contribution >= 0.6 is 0 Å². The van der Waals surface area contributed by atoms with Crippen LogP contribution in [-0.2, 0) is 10.0 Å². The van der Waals surface area contributed by atoms with Gasteiger partial charge in [-0.15, -0.1) is 6.58 Å². The van der Waals surface area contributed by atoms with Gasteiger partial charge in [-0.05, 0) is 24.6 Å². The van der Waals surface area contributed by atoms with Crippen molar-refractivity contribution in [1.29, 1.82) is 0 Å². The first-order chi connectivity index (χ1) is 11.0. The van der Waals surface area contributed by atoms with E-state index < -0.39 is 10.0 Å². The Morgan fingerprint density at radius 2 is 1.78 bits per heavy atom. The molecule has 0 bridgehead atoms. The van der Waals surface area contributed by atoms with E-state index in [0.717, 1.165) is 15.4 Å². The van der Waals surface area contributed by atoms with Crippen molar-refractivity contribution < 1.29 is 8.42 Å². The van der Waals surface area contributed by atoms with Gasteiger partial charge in [0.05, 0.1) is 11.4 Å². The highest BCUT2D eigenvalue weighted by Gasteiger charge is 2.24. The van der Waals surface area contributed by atoms with E-state index in [1.165, 1.54) is 0 Å². The lowest BCUT2D eigenvalue weighted by molar-refractivity contribution is 0.499. The van der Waals surface area contributed by atoms with Crippen molar-refractivity contribution in [1.82, 2.24) is 4.31 Å². The van der Waals surface area contributed by atoms with Gasteiger partial charge in [-0.3, -0.25) is 0 Å². The number of hydrogen-bond acceptors (Lipinski definition) is 2. The number of benzene rings is 2. The molecule has 0 spiro atoms. The van der Waals surface area contributed by atoms with Crippen LogP contribution in [0.15, 0.2) is 72.1 Å². The van der Waals surface area contributed by atoms with Crippen LogP contribution in [0.5, 0.6) is 0 Å². The molecule has 2 aromatic rings. The zero-order valence-electron chi connectivity index (χ0n) is 13.0. The van der Waals surface area contributed by atoms with Gasteiger partial charge in [0.2, 0.25) is 0 Å². The van der Waals surface area contributed by atoms with Crippen molar-refractivity contribution in [3.05, 3.63) is 78.4 Å². The van der Waals surface area contributed by atoms with Crippen molar-refractivity contribution >= 4 is 10.0 Å². The van der Waals surface area contributed by atoms with Crippen LogP contribution in [-0.4, -0.2) is 19.3 Å². The zero-order valence-corrected chi connectivity index (χ0v) is 13.8.